The van der Waals surface area contributed by atoms with Crippen LogP contribution in [0.5, 0.6) is 5.75 Å². The summed E-state index contributed by atoms with van der Waals surface area (Å²) < 4.78 is 6.08. The first-order valence-electron chi connectivity index (χ1n) is 6.74. The summed E-state index contributed by atoms with van der Waals surface area (Å²) in [5, 5.41) is 0. The molecule has 0 radical (unpaired) electrons. The summed E-state index contributed by atoms with van der Waals surface area (Å²) in [7, 11) is 0. The Hall–Kier alpha value is -1.02. The van der Waals surface area contributed by atoms with Crippen LogP contribution in [0.4, 0.5) is 0 Å². The molecule has 0 aromatic heterocycles. The molecule has 0 amide bonds. The molecule has 3 rings (SSSR count). The van der Waals surface area contributed by atoms with Crippen molar-refractivity contribution in [3.8, 4) is 5.75 Å². The van der Waals surface area contributed by atoms with E-state index in [9.17, 15) is 0 Å². The fourth-order valence-corrected chi connectivity index (χ4v) is 2.63. The van der Waals surface area contributed by atoms with Crippen LogP contribution in [0.2, 0.25) is 0 Å². The summed E-state index contributed by atoms with van der Waals surface area (Å²) in [6.07, 6.45) is 7.57. The smallest absolute Gasteiger partial charge is 0.124 e. The third-order valence-corrected chi connectivity index (χ3v) is 4.26. The first-order valence-corrected chi connectivity index (χ1v) is 6.74. The number of aryl methyl sites for hydroxylation is 1. The van der Waals surface area contributed by atoms with Gasteiger partial charge in [0, 0.05) is 11.1 Å². The fraction of sp³-hybridized carbons (Fsp3) is 0.600. The summed E-state index contributed by atoms with van der Waals surface area (Å²) >= 11 is 0. The van der Waals surface area contributed by atoms with Gasteiger partial charge in [-0.25, -0.2) is 0 Å². The molecule has 0 spiro atoms. The molecular weight excluding hydrogens is 210 g/mol. The van der Waals surface area contributed by atoms with Crippen molar-refractivity contribution in [2.45, 2.75) is 57.1 Å². The Morgan fingerprint density at radius 2 is 2.00 bits per heavy atom. The van der Waals surface area contributed by atoms with E-state index in [1.54, 1.807) is 0 Å². The maximum Gasteiger partial charge on any atom is 0.124 e. The first kappa shape index (κ1) is 11.1. The molecule has 2 fully saturated rings. The van der Waals surface area contributed by atoms with Crippen LogP contribution in [0.3, 0.4) is 0 Å². The zero-order valence-electron chi connectivity index (χ0n) is 10.5. The van der Waals surface area contributed by atoms with Gasteiger partial charge in [-0.1, -0.05) is 17.7 Å². The molecule has 92 valence electrons. The third kappa shape index (κ3) is 1.95. The van der Waals surface area contributed by atoms with E-state index in [4.69, 9.17) is 10.5 Å². The van der Waals surface area contributed by atoms with Gasteiger partial charge < -0.3 is 10.5 Å². The van der Waals surface area contributed by atoms with E-state index in [1.165, 1.54) is 36.8 Å². The number of benzene rings is 1. The molecule has 0 heterocycles. The van der Waals surface area contributed by atoms with Gasteiger partial charge in [0.15, 0.2) is 0 Å². The molecule has 2 aliphatic rings. The molecule has 1 aromatic rings. The van der Waals surface area contributed by atoms with E-state index in [0.717, 1.165) is 18.6 Å². The van der Waals surface area contributed by atoms with Crippen molar-refractivity contribution < 1.29 is 4.74 Å². The van der Waals surface area contributed by atoms with Gasteiger partial charge in [-0.05, 0) is 51.5 Å². The minimum atomic E-state index is -0.120. The predicted octanol–water partition coefficient (Wildman–Crippen LogP) is 3.26. The number of hydrogen-bond donors (Lipinski definition) is 1. The fourth-order valence-electron chi connectivity index (χ4n) is 2.63. The van der Waals surface area contributed by atoms with Gasteiger partial charge in [0.05, 0.1) is 6.10 Å². The van der Waals surface area contributed by atoms with Crippen molar-refractivity contribution in [3.63, 3.8) is 0 Å². The zero-order chi connectivity index (χ0) is 11.9. The topological polar surface area (TPSA) is 35.2 Å². The van der Waals surface area contributed by atoms with Gasteiger partial charge in [0.2, 0.25) is 0 Å². The molecule has 1 aromatic carbocycles. The van der Waals surface area contributed by atoms with E-state index in [-0.39, 0.29) is 5.54 Å². The Bertz CT molecular complexity index is 419. The average Bonchev–Trinajstić information content (AvgIpc) is 2.21. The highest BCUT2D eigenvalue weighted by molar-refractivity contribution is 5.43. The van der Waals surface area contributed by atoms with Crippen LogP contribution in [0.25, 0.3) is 0 Å². The normalized spacial score (nSPS) is 22.7. The number of hydrogen-bond acceptors (Lipinski definition) is 2. The van der Waals surface area contributed by atoms with Crippen molar-refractivity contribution in [2.75, 3.05) is 0 Å². The van der Waals surface area contributed by atoms with Crippen LogP contribution in [0.15, 0.2) is 18.2 Å². The predicted molar refractivity (Wildman–Crippen MR) is 69.2 cm³/mol. The van der Waals surface area contributed by atoms with Crippen molar-refractivity contribution >= 4 is 0 Å². The SMILES string of the molecule is Cc1ccc(OC2CCC2)c(C2(N)CCC2)c1. The van der Waals surface area contributed by atoms with Crippen LogP contribution < -0.4 is 10.5 Å². The highest BCUT2D eigenvalue weighted by Crippen LogP contribution is 2.43. The molecule has 0 bridgehead atoms. The Labute approximate surface area is 103 Å². The monoisotopic (exact) mass is 231 g/mol. The molecule has 2 N–H and O–H groups in total. The summed E-state index contributed by atoms with van der Waals surface area (Å²) in [4.78, 5) is 0. The van der Waals surface area contributed by atoms with E-state index in [0.29, 0.717) is 6.10 Å². The maximum atomic E-state index is 6.45. The van der Waals surface area contributed by atoms with Gasteiger partial charge in [-0.2, -0.15) is 0 Å². The van der Waals surface area contributed by atoms with Gasteiger partial charge in [-0.15, -0.1) is 0 Å². The van der Waals surface area contributed by atoms with Crippen molar-refractivity contribution in [3.05, 3.63) is 29.3 Å². The minimum Gasteiger partial charge on any atom is -0.490 e. The first-order chi connectivity index (χ1) is 8.17. The maximum absolute atomic E-state index is 6.45. The largest absolute Gasteiger partial charge is 0.490 e. The quantitative estimate of drug-likeness (QED) is 0.866. The van der Waals surface area contributed by atoms with Crippen LogP contribution in [-0.2, 0) is 5.54 Å². The second kappa shape index (κ2) is 4.02. The van der Waals surface area contributed by atoms with Crippen LogP contribution in [-0.4, -0.2) is 6.10 Å². The Balaban J connectivity index is 1.90. The molecule has 0 aliphatic heterocycles. The second-order valence-corrected chi connectivity index (χ2v) is 5.68. The molecule has 0 saturated heterocycles. The number of nitrogens with two attached hydrogens (primary N) is 1. The number of ether oxygens (including phenoxy) is 1. The van der Waals surface area contributed by atoms with E-state index < -0.39 is 0 Å². The van der Waals surface area contributed by atoms with Crippen LogP contribution in [0.1, 0.15) is 49.7 Å². The highest BCUT2D eigenvalue weighted by Gasteiger charge is 2.37. The zero-order valence-corrected chi connectivity index (χ0v) is 10.5. The van der Waals surface area contributed by atoms with E-state index in [1.807, 2.05) is 0 Å². The number of rotatable bonds is 3. The van der Waals surface area contributed by atoms with Crippen molar-refractivity contribution in [1.29, 1.82) is 0 Å². The summed E-state index contributed by atoms with van der Waals surface area (Å²) in [5.74, 6) is 1.03. The highest BCUT2D eigenvalue weighted by atomic mass is 16.5. The second-order valence-electron chi connectivity index (χ2n) is 5.68. The molecule has 17 heavy (non-hydrogen) atoms. The van der Waals surface area contributed by atoms with Crippen molar-refractivity contribution in [1.82, 2.24) is 0 Å². The van der Waals surface area contributed by atoms with Gasteiger partial charge >= 0.3 is 0 Å². The van der Waals surface area contributed by atoms with Crippen LogP contribution in [0, 0.1) is 6.92 Å². The molecule has 2 aliphatic carbocycles. The summed E-state index contributed by atoms with van der Waals surface area (Å²) in [5.41, 5.74) is 8.84. The lowest BCUT2D eigenvalue weighted by Gasteiger charge is -2.40. The molecule has 2 heteroatoms. The van der Waals surface area contributed by atoms with Gasteiger partial charge in [0.1, 0.15) is 5.75 Å². The molecular formula is C15H21NO. The lowest BCUT2D eigenvalue weighted by Crippen LogP contribution is -2.44. The standard InChI is InChI=1S/C15H21NO/c1-11-6-7-14(17-12-4-2-5-12)13(10-11)15(16)8-3-9-15/h6-7,10,12H,2-5,8-9,16H2,1H3. The lowest BCUT2D eigenvalue weighted by atomic mass is 9.72. The minimum absolute atomic E-state index is 0.120. The summed E-state index contributed by atoms with van der Waals surface area (Å²) in [6, 6.07) is 6.45. The third-order valence-electron chi connectivity index (χ3n) is 4.26. The van der Waals surface area contributed by atoms with E-state index in [2.05, 4.69) is 25.1 Å². The molecule has 2 saturated carbocycles. The van der Waals surface area contributed by atoms with Crippen molar-refractivity contribution in [2.24, 2.45) is 5.73 Å². The van der Waals surface area contributed by atoms with Crippen LogP contribution >= 0.6 is 0 Å². The lowest BCUT2D eigenvalue weighted by molar-refractivity contribution is 0.114. The van der Waals surface area contributed by atoms with Gasteiger partial charge in [0.25, 0.3) is 0 Å². The average molecular weight is 231 g/mol. The molecule has 0 unspecified atom stereocenters. The Morgan fingerprint density at radius 1 is 1.24 bits per heavy atom. The summed E-state index contributed by atoms with van der Waals surface area (Å²) in [6.45, 7) is 2.12. The van der Waals surface area contributed by atoms with E-state index >= 15 is 0 Å². The Kier molecular flexibility index (Phi) is 2.62. The molecule has 0 atom stereocenters. The Morgan fingerprint density at radius 3 is 2.53 bits per heavy atom. The van der Waals surface area contributed by atoms with Gasteiger partial charge in [-0.3, -0.25) is 0 Å². The molecule has 2 nitrogen and oxygen atoms in total.